The number of rotatable bonds is 5. The van der Waals surface area contributed by atoms with Crippen LogP contribution in [0.4, 0.5) is 11.4 Å². The summed E-state index contributed by atoms with van der Waals surface area (Å²) in [4.78, 5) is 28.3. The maximum Gasteiger partial charge on any atom is 0.256 e. The van der Waals surface area contributed by atoms with E-state index in [1.54, 1.807) is 18.2 Å². The summed E-state index contributed by atoms with van der Waals surface area (Å²) in [6.07, 6.45) is 0. The van der Waals surface area contributed by atoms with Crippen molar-refractivity contribution in [2.24, 2.45) is 22.0 Å². The predicted octanol–water partition coefficient (Wildman–Crippen LogP) is 7.39. The summed E-state index contributed by atoms with van der Waals surface area (Å²) in [7, 11) is 0. The largest absolute Gasteiger partial charge is 0.272 e. The quantitative estimate of drug-likeness (QED) is 0.326. The van der Waals surface area contributed by atoms with Crippen molar-refractivity contribution in [2.75, 3.05) is 10.0 Å². The van der Waals surface area contributed by atoms with Crippen molar-refractivity contribution in [3.05, 3.63) is 92.5 Å². The molecule has 2 heterocycles. The number of benzene rings is 3. The van der Waals surface area contributed by atoms with Crippen LogP contribution < -0.4 is 10.0 Å². The molecule has 6 nitrogen and oxygen atoms in total. The van der Waals surface area contributed by atoms with Crippen molar-refractivity contribution in [3.8, 4) is 0 Å². The zero-order valence-electron chi connectivity index (χ0n) is 22.8. The van der Waals surface area contributed by atoms with Gasteiger partial charge in [-0.2, -0.15) is 20.2 Å². The second kappa shape index (κ2) is 10.2. The van der Waals surface area contributed by atoms with Gasteiger partial charge in [-0.25, -0.2) is 0 Å². The maximum atomic E-state index is 14.1. The second-order valence-electron chi connectivity index (χ2n) is 10.5. The van der Waals surface area contributed by atoms with Gasteiger partial charge in [0.1, 0.15) is 0 Å². The topological polar surface area (TPSA) is 65.3 Å². The molecular formula is C31H30Cl2N4O2. The van der Waals surface area contributed by atoms with Crippen LogP contribution in [0, 0.1) is 39.5 Å². The number of aryl methyl sites for hydroxylation is 4. The van der Waals surface area contributed by atoms with E-state index in [-0.39, 0.29) is 11.8 Å². The van der Waals surface area contributed by atoms with E-state index in [0.717, 1.165) is 22.3 Å². The molecule has 2 aliphatic heterocycles. The van der Waals surface area contributed by atoms with Crippen molar-refractivity contribution < 1.29 is 9.59 Å². The molecule has 0 bridgehead atoms. The summed E-state index contributed by atoms with van der Waals surface area (Å²) in [6, 6.07) is 16.9. The van der Waals surface area contributed by atoms with E-state index in [2.05, 4.69) is 0 Å². The van der Waals surface area contributed by atoms with E-state index in [0.29, 0.717) is 38.4 Å². The van der Waals surface area contributed by atoms with Gasteiger partial charge in [-0.3, -0.25) is 9.59 Å². The molecule has 0 saturated carbocycles. The number of hydrazone groups is 2. The number of carbonyl (C=O) groups is 2. The lowest BCUT2D eigenvalue weighted by molar-refractivity contribution is -0.122. The van der Waals surface area contributed by atoms with Gasteiger partial charge in [0.25, 0.3) is 11.8 Å². The highest BCUT2D eigenvalue weighted by atomic mass is 35.5. The first kappa shape index (κ1) is 27.1. The summed E-state index contributed by atoms with van der Waals surface area (Å²) >= 11 is 13.0. The number of halogens is 2. The Morgan fingerprint density at radius 1 is 0.667 bits per heavy atom. The Hall–Kier alpha value is -3.48. The Bertz CT molecular complexity index is 1490. The fourth-order valence-electron chi connectivity index (χ4n) is 5.74. The van der Waals surface area contributed by atoms with Crippen LogP contribution in [-0.4, -0.2) is 23.2 Å². The van der Waals surface area contributed by atoms with Gasteiger partial charge in [0.15, 0.2) is 0 Å². The molecule has 3 aromatic rings. The number of hydrogen-bond acceptors (Lipinski definition) is 4. The zero-order chi connectivity index (χ0) is 28.2. The average molecular weight is 562 g/mol. The molecule has 2 amide bonds. The summed E-state index contributed by atoms with van der Waals surface area (Å²) in [5.41, 5.74) is 7.40. The molecule has 1 unspecified atom stereocenters. The minimum atomic E-state index is -0.720. The van der Waals surface area contributed by atoms with Gasteiger partial charge in [-0.05, 0) is 82.5 Å². The minimum Gasteiger partial charge on any atom is -0.272 e. The normalized spacial score (nSPS) is 20.0. The Kier molecular flexibility index (Phi) is 7.12. The van der Waals surface area contributed by atoms with Gasteiger partial charge < -0.3 is 0 Å². The smallest absolute Gasteiger partial charge is 0.256 e. The molecule has 3 atom stereocenters. The Balaban J connectivity index is 1.61. The molecule has 0 spiro atoms. The third-order valence-corrected chi connectivity index (χ3v) is 8.13. The summed E-state index contributed by atoms with van der Waals surface area (Å²) in [5, 5.41) is 13.2. The highest BCUT2D eigenvalue weighted by molar-refractivity contribution is 6.35. The molecule has 0 fully saturated rings. The first-order chi connectivity index (χ1) is 18.5. The van der Waals surface area contributed by atoms with Crippen molar-refractivity contribution >= 4 is 57.8 Å². The van der Waals surface area contributed by atoms with E-state index in [9.17, 15) is 9.59 Å². The van der Waals surface area contributed by atoms with Crippen LogP contribution in [0.5, 0.6) is 0 Å². The van der Waals surface area contributed by atoms with Crippen LogP contribution in [0.1, 0.15) is 47.6 Å². The van der Waals surface area contributed by atoms with E-state index < -0.39 is 17.8 Å². The number of anilines is 2. The van der Waals surface area contributed by atoms with Gasteiger partial charge in [0, 0.05) is 27.4 Å². The van der Waals surface area contributed by atoms with Gasteiger partial charge in [0.2, 0.25) is 0 Å². The van der Waals surface area contributed by atoms with Crippen molar-refractivity contribution in [2.45, 2.75) is 47.5 Å². The molecule has 0 radical (unpaired) electrons. The average Bonchev–Trinajstić information content (AvgIpc) is 3.30. The second-order valence-corrected chi connectivity index (χ2v) is 11.4. The molecule has 0 N–H and O–H groups in total. The fraction of sp³-hybridized carbons (Fsp3) is 0.290. The lowest BCUT2D eigenvalue weighted by Crippen LogP contribution is -2.40. The summed E-state index contributed by atoms with van der Waals surface area (Å²) in [5.74, 6) is -2.49. The third kappa shape index (κ3) is 4.77. The Morgan fingerprint density at radius 3 is 1.54 bits per heavy atom. The van der Waals surface area contributed by atoms with Gasteiger partial charge in [0.05, 0.1) is 23.2 Å². The number of amides is 2. The Morgan fingerprint density at radius 2 is 1.13 bits per heavy atom. The van der Waals surface area contributed by atoms with E-state index in [1.165, 1.54) is 10.0 Å². The highest BCUT2D eigenvalue weighted by Crippen LogP contribution is 2.45. The number of carbonyl (C=O) groups excluding carboxylic acids is 2. The van der Waals surface area contributed by atoms with Crippen LogP contribution in [0.25, 0.3) is 0 Å². The maximum absolute atomic E-state index is 14.1. The standard InChI is InChI=1S/C31H30Cl2N4O2/c1-16-7-11-25(18(3)13-16)36-30(38)27(20(5)34-36)29(23-10-9-22(32)15-24(23)33)28-21(6)35-37(31(28)39)26-12-8-17(2)14-19(26)4/h7-15,27-29H,1-6H3/t27-,28+,29?. The third-order valence-electron chi connectivity index (χ3n) is 7.57. The first-order valence-corrected chi connectivity index (χ1v) is 13.6. The van der Waals surface area contributed by atoms with Crippen LogP contribution in [0.2, 0.25) is 10.0 Å². The van der Waals surface area contributed by atoms with Crippen molar-refractivity contribution in [1.82, 2.24) is 0 Å². The summed E-state index contributed by atoms with van der Waals surface area (Å²) in [6.45, 7) is 11.6. The molecule has 5 rings (SSSR count). The lowest BCUT2D eigenvalue weighted by Gasteiger charge is -2.29. The zero-order valence-corrected chi connectivity index (χ0v) is 24.3. The van der Waals surface area contributed by atoms with Crippen LogP contribution in [0.3, 0.4) is 0 Å². The molecule has 39 heavy (non-hydrogen) atoms. The fourth-order valence-corrected chi connectivity index (χ4v) is 6.28. The highest BCUT2D eigenvalue weighted by Gasteiger charge is 2.50. The molecule has 0 saturated heterocycles. The molecule has 2 aliphatic rings. The molecule has 8 heteroatoms. The lowest BCUT2D eigenvalue weighted by atomic mass is 9.73. The van der Waals surface area contributed by atoms with Gasteiger partial charge in [-0.15, -0.1) is 0 Å². The van der Waals surface area contributed by atoms with E-state index in [4.69, 9.17) is 33.4 Å². The SMILES string of the molecule is CC1=NN(c2ccc(C)cc2C)C(=O)[C@H]1C(c1ccc(Cl)cc1Cl)[C@H]1C(=O)N(c2ccc(C)cc2C)N=C1C. The van der Waals surface area contributed by atoms with Crippen molar-refractivity contribution in [3.63, 3.8) is 0 Å². The number of hydrogen-bond donors (Lipinski definition) is 0. The monoisotopic (exact) mass is 560 g/mol. The summed E-state index contributed by atoms with van der Waals surface area (Å²) < 4.78 is 0. The molecular weight excluding hydrogens is 531 g/mol. The van der Waals surface area contributed by atoms with Crippen LogP contribution >= 0.6 is 23.2 Å². The van der Waals surface area contributed by atoms with E-state index >= 15 is 0 Å². The van der Waals surface area contributed by atoms with Crippen LogP contribution in [0.15, 0.2) is 64.8 Å². The van der Waals surface area contributed by atoms with Crippen LogP contribution in [-0.2, 0) is 9.59 Å². The Labute approximate surface area is 238 Å². The van der Waals surface area contributed by atoms with Gasteiger partial charge >= 0.3 is 0 Å². The number of nitrogens with zero attached hydrogens (tertiary/aromatic N) is 4. The first-order valence-electron chi connectivity index (χ1n) is 12.9. The van der Waals surface area contributed by atoms with E-state index in [1.807, 2.05) is 77.9 Å². The molecule has 0 aromatic heterocycles. The minimum absolute atomic E-state index is 0.207. The van der Waals surface area contributed by atoms with Crippen molar-refractivity contribution in [1.29, 1.82) is 0 Å². The predicted molar refractivity (Wildman–Crippen MR) is 159 cm³/mol. The van der Waals surface area contributed by atoms with Gasteiger partial charge in [-0.1, -0.05) is 64.7 Å². The molecule has 3 aromatic carbocycles. The molecule has 200 valence electrons. The molecule has 0 aliphatic carbocycles.